The quantitative estimate of drug-likeness (QED) is 0.450. The van der Waals surface area contributed by atoms with E-state index in [0.717, 1.165) is 61.5 Å². The van der Waals surface area contributed by atoms with Gasteiger partial charge in [0.05, 0.1) is 10.6 Å². The van der Waals surface area contributed by atoms with Crippen LogP contribution in [-0.4, -0.2) is 83.9 Å². The minimum atomic E-state index is -5.13. The zero-order chi connectivity index (χ0) is 30.8. The maximum atomic E-state index is 14.0. The maximum absolute atomic E-state index is 14.0. The lowest BCUT2D eigenvalue weighted by Gasteiger charge is -2.40. The molecule has 2 aromatic rings. The highest BCUT2D eigenvalue weighted by Gasteiger charge is 2.62. The van der Waals surface area contributed by atoms with E-state index in [2.05, 4.69) is 4.90 Å². The van der Waals surface area contributed by atoms with Crippen molar-refractivity contribution in [3.05, 3.63) is 64.7 Å². The molecule has 234 valence electrons. The first kappa shape index (κ1) is 31.6. The van der Waals surface area contributed by atoms with Crippen LogP contribution in [0.4, 0.5) is 18.9 Å². The van der Waals surface area contributed by atoms with Gasteiger partial charge >= 0.3 is 6.18 Å². The van der Waals surface area contributed by atoms with Crippen LogP contribution in [0.2, 0.25) is 5.02 Å². The monoisotopic (exact) mass is 621 g/mol. The standard InChI is InChI=1S/C32H39ClF3N3O4/c33-28-19-26(6-7-27(28)29(41)39-17-12-24(20-39)21-40)37-13-8-22(9-14-37)18-23-10-15-38(16-11-23)30(42)31(43,32(34,35)36)25-4-2-1-3-5-25/h1-7,19,22-24,40,43H,8-18,20-21H2/t24-,31?/m1/s1. The lowest BCUT2D eigenvalue weighted by molar-refractivity contribution is -0.262. The Labute approximate surface area is 255 Å². The van der Waals surface area contributed by atoms with Gasteiger partial charge in [0.2, 0.25) is 0 Å². The first-order valence-corrected chi connectivity index (χ1v) is 15.5. The Kier molecular flexibility index (Phi) is 9.58. The number of benzene rings is 2. The molecule has 43 heavy (non-hydrogen) atoms. The second kappa shape index (κ2) is 13.0. The minimum absolute atomic E-state index is 0.0757. The lowest BCUT2D eigenvalue weighted by Crippen LogP contribution is -2.57. The Morgan fingerprint density at radius 1 is 0.837 bits per heavy atom. The van der Waals surface area contributed by atoms with Gasteiger partial charge in [0.1, 0.15) is 0 Å². The molecular formula is C32H39ClF3N3O4. The highest BCUT2D eigenvalue weighted by molar-refractivity contribution is 6.34. The van der Waals surface area contributed by atoms with Gasteiger partial charge in [-0.3, -0.25) is 9.59 Å². The molecule has 3 fully saturated rings. The predicted molar refractivity (Wildman–Crippen MR) is 158 cm³/mol. The number of anilines is 1. The van der Waals surface area contributed by atoms with E-state index in [9.17, 15) is 33.0 Å². The summed E-state index contributed by atoms with van der Waals surface area (Å²) in [5.74, 6) is -0.508. The Balaban J connectivity index is 1.11. The van der Waals surface area contributed by atoms with Crippen LogP contribution in [0, 0.1) is 17.8 Å². The fourth-order valence-electron chi connectivity index (χ4n) is 6.80. The third-order valence-electron chi connectivity index (χ3n) is 9.47. The fourth-order valence-corrected chi connectivity index (χ4v) is 7.05. The molecule has 2 atom stereocenters. The summed E-state index contributed by atoms with van der Waals surface area (Å²) < 4.78 is 41.9. The molecule has 0 aliphatic carbocycles. The number of halogens is 4. The number of aliphatic hydroxyl groups is 2. The van der Waals surface area contributed by atoms with Gasteiger partial charge in [-0.15, -0.1) is 0 Å². The molecule has 7 nitrogen and oxygen atoms in total. The van der Waals surface area contributed by atoms with Crippen LogP contribution < -0.4 is 4.90 Å². The Hall–Kier alpha value is -2.82. The fraction of sp³-hybridized carbons (Fsp3) is 0.562. The van der Waals surface area contributed by atoms with Crippen LogP contribution in [0.5, 0.6) is 0 Å². The zero-order valence-electron chi connectivity index (χ0n) is 24.1. The van der Waals surface area contributed by atoms with E-state index < -0.39 is 23.2 Å². The Morgan fingerprint density at radius 2 is 1.42 bits per heavy atom. The molecule has 5 rings (SSSR count). The van der Waals surface area contributed by atoms with E-state index in [4.69, 9.17) is 11.6 Å². The van der Waals surface area contributed by atoms with Crippen molar-refractivity contribution in [3.8, 4) is 0 Å². The van der Waals surface area contributed by atoms with Crippen LogP contribution in [0.3, 0.4) is 0 Å². The Morgan fingerprint density at radius 3 is 1.98 bits per heavy atom. The van der Waals surface area contributed by atoms with Crippen LogP contribution in [0.15, 0.2) is 48.5 Å². The third kappa shape index (κ3) is 6.66. The van der Waals surface area contributed by atoms with Crippen molar-refractivity contribution in [2.75, 3.05) is 50.8 Å². The van der Waals surface area contributed by atoms with Gasteiger partial charge in [0.25, 0.3) is 17.4 Å². The third-order valence-corrected chi connectivity index (χ3v) is 9.79. The molecule has 0 radical (unpaired) electrons. The number of alkyl halides is 3. The van der Waals surface area contributed by atoms with Crippen molar-refractivity contribution in [3.63, 3.8) is 0 Å². The molecule has 3 aliphatic rings. The molecule has 2 amide bonds. The molecule has 3 saturated heterocycles. The van der Waals surface area contributed by atoms with E-state index >= 15 is 0 Å². The molecule has 1 unspecified atom stereocenters. The molecule has 0 saturated carbocycles. The van der Waals surface area contributed by atoms with Crippen LogP contribution in [0.1, 0.15) is 54.4 Å². The predicted octanol–water partition coefficient (Wildman–Crippen LogP) is 5.09. The largest absolute Gasteiger partial charge is 0.430 e. The number of carbonyl (C=O) groups excluding carboxylic acids is 2. The number of piperidine rings is 2. The van der Waals surface area contributed by atoms with Gasteiger partial charge in [-0.1, -0.05) is 41.9 Å². The average Bonchev–Trinajstić information content (AvgIpc) is 3.50. The van der Waals surface area contributed by atoms with Gasteiger partial charge in [0, 0.05) is 63.0 Å². The van der Waals surface area contributed by atoms with Crippen molar-refractivity contribution in [2.24, 2.45) is 17.8 Å². The molecule has 0 aromatic heterocycles. The Bertz CT molecular complexity index is 1280. The maximum Gasteiger partial charge on any atom is 0.430 e. The molecule has 2 N–H and O–H groups in total. The molecule has 11 heteroatoms. The van der Waals surface area contributed by atoms with Gasteiger partial charge in [-0.2, -0.15) is 13.2 Å². The minimum Gasteiger partial charge on any atom is -0.396 e. The van der Waals surface area contributed by atoms with E-state index in [1.165, 1.54) is 12.1 Å². The normalized spacial score (nSPS) is 22.1. The molecule has 3 heterocycles. The zero-order valence-corrected chi connectivity index (χ0v) is 24.9. The first-order valence-electron chi connectivity index (χ1n) is 15.1. The number of carbonyl (C=O) groups is 2. The van der Waals surface area contributed by atoms with E-state index in [0.29, 0.717) is 48.4 Å². The summed E-state index contributed by atoms with van der Waals surface area (Å²) in [5, 5.41) is 20.4. The number of amides is 2. The second-order valence-corrected chi connectivity index (χ2v) is 12.6. The smallest absolute Gasteiger partial charge is 0.396 e. The van der Waals surface area contributed by atoms with Crippen molar-refractivity contribution in [1.82, 2.24) is 9.80 Å². The van der Waals surface area contributed by atoms with Crippen LogP contribution in [0.25, 0.3) is 0 Å². The summed E-state index contributed by atoms with van der Waals surface area (Å²) in [4.78, 5) is 31.1. The number of nitrogens with zero attached hydrogens (tertiary/aromatic N) is 3. The summed E-state index contributed by atoms with van der Waals surface area (Å²) in [7, 11) is 0. The summed E-state index contributed by atoms with van der Waals surface area (Å²) in [5.41, 5.74) is -2.58. The molecule has 0 bridgehead atoms. The van der Waals surface area contributed by atoms with Crippen molar-refractivity contribution in [2.45, 2.75) is 50.3 Å². The number of likely N-dealkylation sites (tertiary alicyclic amines) is 2. The van der Waals surface area contributed by atoms with E-state index in [1.807, 2.05) is 12.1 Å². The van der Waals surface area contributed by atoms with Crippen molar-refractivity contribution >= 4 is 29.1 Å². The number of hydrogen-bond acceptors (Lipinski definition) is 5. The average molecular weight is 622 g/mol. The summed E-state index contributed by atoms with van der Waals surface area (Å²) in [6, 6.07) is 12.1. The van der Waals surface area contributed by atoms with Crippen molar-refractivity contribution < 1.29 is 33.0 Å². The second-order valence-electron chi connectivity index (χ2n) is 12.2. The van der Waals surface area contributed by atoms with Gasteiger partial charge in [-0.05, 0) is 68.6 Å². The number of hydrogen-bond donors (Lipinski definition) is 2. The molecule has 2 aromatic carbocycles. The van der Waals surface area contributed by atoms with Gasteiger partial charge < -0.3 is 24.9 Å². The van der Waals surface area contributed by atoms with Crippen molar-refractivity contribution in [1.29, 1.82) is 0 Å². The van der Waals surface area contributed by atoms with E-state index in [-0.39, 0.29) is 31.5 Å². The molecule has 3 aliphatic heterocycles. The lowest BCUT2D eigenvalue weighted by atomic mass is 9.82. The highest BCUT2D eigenvalue weighted by atomic mass is 35.5. The first-order chi connectivity index (χ1) is 20.5. The summed E-state index contributed by atoms with van der Waals surface area (Å²) >= 11 is 6.54. The van der Waals surface area contributed by atoms with Gasteiger partial charge in [0.15, 0.2) is 0 Å². The number of rotatable bonds is 7. The molecule has 0 spiro atoms. The van der Waals surface area contributed by atoms with Gasteiger partial charge in [-0.25, -0.2) is 0 Å². The topological polar surface area (TPSA) is 84.3 Å². The van der Waals surface area contributed by atoms with E-state index in [1.54, 1.807) is 17.0 Å². The van der Waals surface area contributed by atoms with Crippen LogP contribution in [-0.2, 0) is 10.4 Å². The summed E-state index contributed by atoms with van der Waals surface area (Å²) in [6.45, 7) is 3.29. The summed E-state index contributed by atoms with van der Waals surface area (Å²) in [6.07, 6.45) is -0.234. The molecular weight excluding hydrogens is 583 g/mol. The SMILES string of the molecule is O=C(c1ccc(N2CCC(CC3CCN(C(=O)C(O)(c4ccccc4)C(F)(F)F)CC3)CC2)cc1Cl)N1CC[C@@H](CO)C1. The number of aliphatic hydroxyl groups excluding tert-OH is 1. The highest BCUT2D eigenvalue weighted by Crippen LogP contribution is 2.41. The van der Waals surface area contributed by atoms with Crippen LogP contribution >= 0.6 is 11.6 Å².